The van der Waals surface area contributed by atoms with Gasteiger partial charge in [0.05, 0.1) is 30.5 Å². The van der Waals surface area contributed by atoms with E-state index >= 15 is 0 Å². The van der Waals surface area contributed by atoms with Crippen LogP contribution in [-0.4, -0.2) is 51.5 Å². The molecule has 7 nitrogen and oxygen atoms in total. The van der Waals surface area contributed by atoms with Crippen LogP contribution in [0.2, 0.25) is 0 Å². The van der Waals surface area contributed by atoms with Gasteiger partial charge >= 0.3 is 0 Å². The molecule has 3 aromatic heterocycles. The van der Waals surface area contributed by atoms with Crippen molar-refractivity contribution in [3.63, 3.8) is 0 Å². The number of halogens is 1. The van der Waals surface area contributed by atoms with Gasteiger partial charge in [-0.1, -0.05) is 20.8 Å². The fourth-order valence-electron chi connectivity index (χ4n) is 5.24. The summed E-state index contributed by atoms with van der Waals surface area (Å²) in [5, 5.41) is 6.83. The SMILES string of the molecule is COc1cc([C@@H](C)C(=O)N2CC[C@@]3(CCc4cc(-c5nc(C(C)(C)C)cs5)c(C)nc4N3)C2)c(F)cn1. The summed E-state index contributed by atoms with van der Waals surface area (Å²) in [4.78, 5) is 28.9. The molecule has 1 N–H and O–H groups in total. The van der Waals surface area contributed by atoms with E-state index in [-0.39, 0.29) is 16.9 Å². The van der Waals surface area contributed by atoms with Gasteiger partial charge in [0.15, 0.2) is 0 Å². The van der Waals surface area contributed by atoms with Gasteiger partial charge in [-0.05, 0) is 44.7 Å². The van der Waals surface area contributed by atoms with Crippen LogP contribution in [0.3, 0.4) is 0 Å². The molecule has 196 valence electrons. The summed E-state index contributed by atoms with van der Waals surface area (Å²) < 4.78 is 19.6. The highest BCUT2D eigenvalue weighted by Gasteiger charge is 2.43. The van der Waals surface area contributed by atoms with E-state index in [1.807, 2.05) is 11.8 Å². The number of fused-ring (bicyclic) bond motifs is 1. The molecule has 0 unspecified atom stereocenters. The molecule has 3 aromatic rings. The molecule has 9 heteroatoms. The predicted octanol–water partition coefficient (Wildman–Crippen LogP) is 5.49. The van der Waals surface area contributed by atoms with Crippen molar-refractivity contribution >= 4 is 23.1 Å². The monoisotopic (exact) mass is 523 g/mol. The molecule has 0 radical (unpaired) electrons. The molecule has 1 saturated heterocycles. The van der Waals surface area contributed by atoms with Crippen molar-refractivity contribution in [2.75, 3.05) is 25.5 Å². The molecule has 2 atom stereocenters. The first-order valence-electron chi connectivity index (χ1n) is 12.7. The first-order valence-corrected chi connectivity index (χ1v) is 13.6. The summed E-state index contributed by atoms with van der Waals surface area (Å²) in [6.07, 6.45) is 3.73. The standard InChI is InChI=1S/C28H34FN5O2S/c1-16(19-12-23(36-6)30-13-21(19)29)26(35)34-10-9-28(15-34)8-7-18-11-20(17(2)31-24(18)33-28)25-32-22(14-37-25)27(3,4)5/h11-14,16H,7-10,15H2,1-6H3,(H,31,33)/t16-,28+/m1/s1. The van der Waals surface area contributed by atoms with Crippen molar-refractivity contribution in [2.24, 2.45) is 0 Å². The number of ether oxygens (including phenoxy) is 1. The summed E-state index contributed by atoms with van der Waals surface area (Å²) >= 11 is 1.67. The quantitative estimate of drug-likeness (QED) is 0.487. The molecule has 0 bridgehead atoms. The van der Waals surface area contributed by atoms with E-state index in [4.69, 9.17) is 14.7 Å². The minimum Gasteiger partial charge on any atom is -0.481 e. The van der Waals surface area contributed by atoms with E-state index in [1.165, 1.54) is 18.7 Å². The summed E-state index contributed by atoms with van der Waals surface area (Å²) in [5.74, 6) is -0.0117. The summed E-state index contributed by atoms with van der Waals surface area (Å²) in [6.45, 7) is 11.5. The van der Waals surface area contributed by atoms with Crippen molar-refractivity contribution in [1.82, 2.24) is 19.9 Å². The summed E-state index contributed by atoms with van der Waals surface area (Å²) in [5.41, 5.74) is 4.40. The predicted molar refractivity (Wildman–Crippen MR) is 144 cm³/mol. The van der Waals surface area contributed by atoms with Crippen LogP contribution in [0.5, 0.6) is 5.88 Å². The molecule has 37 heavy (non-hydrogen) atoms. The van der Waals surface area contributed by atoms with E-state index in [2.05, 4.69) is 42.5 Å². The number of hydrogen-bond donors (Lipinski definition) is 1. The highest BCUT2D eigenvalue weighted by Crippen LogP contribution is 2.40. The second-order valence-corrected chi connectivity index (χ2v) is 12.2. The Balaban J connectivity index is 1.33. The average molecular weight is 524 g/mol. The maximum absolute atomic E-state index is 14.5. The molecule has 1 spiro atoms. The fraction of sp³-hybridized carbons (Fsp3) is 0.500. The van der Waals surface area contributed by atoms with E-state index in [0.717, 1.165) is 53.2 Å². The molecule has 0 saturated carbocycles. The second-order valence-electron chi connectivity index (χ2n) is 11.3. The number of thiazole rings is 1. The molecular formula is C28H34FN5O2S. The normalized spacial score (nSPS) is 20.0. The number of aryl methyl sites for hydroxylation is 2. The maximum atomic E-state index is 14.5. The van der Waals surface area contributed by atoms with Crippen LogP contribution in [0.4, 0.5) is 10.2 Å². The van der Waals surface area contributed by atoms with Crippen molar-refractivity contribution in [1.29, 1.82) is 0 Å². The Kier molecular flexibility index (Phi) is 6.46. The lowest BCUT2D eigenvalue weighted by Gasteiger charge is -2.36. The number of aromatic nitrogens is 3. The largest absolute Gasteiger partial charge is 0.481 e. The number of likely N-dealkylation sites (tertiary alicyclic amines) is 1. The third kappa shape index (κ3) is 4.81. The van der Waals surface area contributed by atoms with Gasteiger partial charge in [-0.2, -0.15) is 0 Å². The molecule has 5 heterocycles. The first kappa shape index (κ1) is 25.6. The van der Waals surface area contributed by atoms with Crippen LogP contribution >= 0.6 is 11.3 Å². The lowest BCUT2D eigenvalue weighted by molar-refractivity contribution is -0.131. The van der Waals surface area contributed by atoms with Crippen molar-refractivity contribution in [3.8, 4) is 16.5 Å². The number of rotatable bonds is 4. The van der Waals surface area contributed by atoms with Crippen molar-refractivity contribution < 1.29 is 13.9 Å². The third-order valence-corrected chi connectivity index (χ3v) is 8.50. The zero-order valence-corrected chi connectivity index (χ0v) is 23.1. The van der Waals surface area contributed by atoms with Gasteiger partial charge in [0.25, 0.3) is 0 Å². The third-order valence-electron chi connectivity index (χ3n) is 7.62. The minimum atomic E-state index is -0.623. The van der Waals surface area contributed by atoms with Gasteiger partial charge < -0.3 is 15.0 Å². The van der Waals surface area contributed by atoms with Crippen molar-refractivity contribution in [2.45, 2.75) is 70.8 Å². The summed E-state index contributed by atoms with van der Waals surface area (Å²) in [7, 11) is 1.48. The van der Waals surface area contributed by atoms with E-state index in [1.54, 1.807) is 18.3 Å². The smallest absolute Gasteiger partial charge is 0.230 e. The van der Waals surface area contributed by atoms with Crippen LogP contribution in [0.1, 0.15) is 69.0 Å². The van der Waals surface area contributed by atoms with Gasteiger partial charge in [0.1, 0.15) is 16.6 Å². The minimum absolute atomic E-state index is 0.0107. The van der Waals surface area contributed by atoms with Crippen LogP contribution < -0.4 is 10.1 Å². The van der Waals surface area contributed by atoms with Crippen LogP contribution in [0.15, 0.2) is 23.7 Å². The lowest BCUT2D eigenvalue weighted by atomic mass is 9.86. The molecule has 2 aliphatic rings. The zero-order valence-electron chi connectivity index (χ0n) is 22.3. The van der Waals surface area contributed by atoms with Gasteiger partial charge in [-0.15, -0.1) is 11.3 Å². The number of nitrogens with one attached hydrogen (secondary N) is 1. The van der Waals surface area contributed by atoms with Gasteiger partial charge in [-0.3, -0.25) is 4.79 Å². The number of carbonyl (C=O) groups excluding carboxylic acids is 1. The Bertz CT molecular complexity index is 1350. The number of methoxy groups -OCH3 is 1. The Morgan fingerprint density at radius 1 is 1.27 bits per heavy atom. The molecular weight excluding hydrogens is 489 g/mol. The Hall–Kier alpha value is -3.07. The number of pyridine rings is 2. The van der Waals surface area contributed by atoms with Gasteiger partial charge in [-0.25, -0.2) is 19.3 Å². The van der Waals surface area contributed by atoms with E-state index in [0.29, 0.717) is 24.5 Å². The molecule has 2 aliphatic heterocycles. The second kappa shape index (κ2) is 9.35. The van der Waals surface area contributed by atoms with Crippen LogP contribution in [0, 0.1) is 12.7 Å². The van der Waals surface area contributed by atoms with Gasteiger partial charge in [0.2, 0.25) is 11.8 Å². The molecule has 1 amide bonds. The molecule has 5 rings (SSSR count). The van der Waals surface area contributed by atoms with Crippen LogP contribution in [-0.2, 0) is 16.6 Å². The highest BCUT2D eigenvalue weighted by atomic mass is 32.1. The molecule has 0 aliphatic carbocycles. The first-order chi connectivity index (χ1) is 17.5. The topological polar surface area (TPSA) is 80.2 Å². The van der Waals surface area contributed by atoms with Gasteiger partial charge in [0, 0.05) is 46.8 Å². The summed E-state index contributed by atoms with van der Waals surface area (Å²) in [6, 6.07) is 3.73. The average Bonchev–Trinajstić information content (AvgIpc) is 3.51. The molecule has 0 aromatic carbocycles. The number of nitrogens with zero attached hydrogens (tertiary/aromatic N) is 4. The Morgan fingerprint density at radius 2 is 2.05 bits per heavy atom. The fourth-order valence-corrected chi connectivity index (χ4v) is 6.36. The Labute approximate surface area is 221 Å². The zero-order chi connectivity index (χ0) is 26.5. The number of hydrogen-bond acceptors (Lipinski definition) is 7. The van der Waals surface area contributed by atoms with E-state index < -0.39 is 11.7 Å². The lowest BCUT2D eigenvalue weighted by Crippen LogP contribution is -2.46. The number of carbonyl (C=O) groups is 1. The number of anilines is 1. The Morgan fingerprint density at radius 3 is 2.76 bits per heavy atom. The highest BCUT2D eigenvalue weighted by molar-refractivity contribution is 7.13. The maximum Gasteiger partial charge on any atom is 0.230 e. The van der Waals surface area contributed by atoms with E-state index in [9.17, 15) is 9.18 Å². The number of amides is 1. The van der Waals surface area contributed by atoms with Crippen molar-refractivity contribution in [3.05, 3.63) is 52.0 Å². The van der Waals surface area contributed by atoms with Crippen LogP contribution in [0.25, 0.3) is 10.6 Å². The molecule has 1 fully saturated rings.